The zero-order valence-electron chi connectivity index (χ0n) is 10.5. The van der Waals surface area contributed by atoms with Crippen molar-refractivity contribution < 1.29 is 0 Å². The maximum atomic E-state index is 4.45. The molecule has 0 aliphatic heterocycles. The number of hydrogen-bond donors (Lipinski definition) is 1. The van der Waals surface area contributed by atoms with Gasteiger partial charge >= 0.3 is 0 Å². The van der Waals surface area contributed by atoms with Crippen LogP contribution in [0.4, 0.5) is 0 Å². The van der Waals surface area contributed by atoms with Crippen LogP contribution < -0.4 is 5.32 Å². The third kappa shape index (κ3) is 3.56. The van der Waals surface area contributed by atoms with Crippen molar-refractivity contribution in [2.75, 3.05) is 13.6 Å². The lowest BCUT2D eigenvalue weighted by Gasteiger charge is -2.33. The van der Waals surface area contributed by atoms with Crippen LogP contribution in [0.5, 0.6) is 0 Å². The molecule has 90 valence electrons. The first kappa shape index (κ1) is 13.7. The molecule has 0 spiro atoms. The van der Waals surface area contributed by atoms with Gasteiger partial charge < -0.3 is 5.32 Å². The molecule has 0 saturated heterocycles. The third-order valence-electron chi connectivity index (χ3n) is 3.35. The Balaban J connectivity index is 2.79. The number of nitrogens with one attached hydrogen (secondary N) is 1. The van der Waals surface area contributed by atoms with Crippen molar-refractivity contribution in [3.8, 4) is 0 Å². The molecule has 1 atom stereocenters. The fourth-order valence-corrected chi connectivity index (χ4v) is 2.03. The standard InChI is InChI=1S/C13H21BrN2/c1-10(2)13(3,9-15-4)7-12-6-5-11(14)8-16-12/h5-6,8,10,15H,7,9H2,1-4H3. The van der Waals surface area contributed by atoms with Gasteiger partial charge in [0.15, 0.2) is 0 Å². The number of pyridine rings is 1. The van der Waals surface area contributed by atoms with Gasteiger partial charge in [0.25, 0.3) is 0 Å². The highest BCUT2D eigenvalue weighted by atomic mass is 79.9. The van der Waals surface area contributed by atoms with Crippen LogP contribution >= 0.6 is 15.9 Å². The van der Waals surface area contributed by atoms with E-state index in [-0.39, 0.29) is 5.41 Å². The van der Waals surface area contributed by atoms with Crippen molar-refractivity contribution in [3.63, 3.8) is 0 Å². The zero-order chi connectivity index (χ0) is 12.2. The van der Waals surface area contributed by atoms with Gasteiger partial charge in [-0.2, -0.15) is 0 Å². The molecule has 0 amide bonds. The minimum atomic E-state index is 0.260. The van der Waals surface area contributed by atoms with E-state index >= 15 is 0 Å². The van der Waals surface area contributed by atoms with E-state index in [1.807, 2.05) is 13.2 Å². The summed E-state index contributed by atoms with van der Waals surface area (Å²) < 4.78 is 1.04. The van der Waals surface area contributed by atoms with E-state index in [1.54, 1.807) is 0 Å². The normalized spacial score (nSPS) is 15.1. The SMILES string of the molecule is CNCC(C)(Cc1ccc(Br)cn1)C(C)C. The van der Waals surface area contributed by atoms with Crippen molar-refractivity contribution in [2.45, 2.75) is 27.2 Å². The number of halogens is 1. The smallest absolute Gasteiger partial charge is 0.0413 e. The Morgan fingerprint density at radius 1 is 1.44 bits per heavy atom. The molecule has 1 rings (SSSR count). The zero-order valence-corrected chi connectivity index (χ0v) is 12.1. The van der Waals surface area contributed by atoms with Gasteiger partial charge in [0, 0.05) is 22.9 Å². The Bertz CT molecular complexity index is 321. The lowest BCUT2D eigenvalue weighted by molar-refractivity contribution is 0.210. The van der Waals surface area contributed by atoms with E-state index in [4.69, 9.17) is 0 Å². The molecule has 1 unspecified atom stereocenters. The largest absolute Gasteiger partial charge is 0.319 e. The second kappa shape index (κ2) is 5.78. The fourth-order valence-electron chi connectivity index (χ4n) is 1.80. The van der Waals surface area contributed by atoms with Crippen LogP contribution in [0.2, 0.25) is 0 Å². The van der Waals surface area contributed by atoms with Gasteiger partial charge in [-0.15, -0.1) is 0 Å². The Labute approximate surface area is 107 Å². The summed E-state index contributed by atoms with van der Waals surface area (Å²) in [5.74, 6) is 0.630. The molecule has 0 aliphatic rings. The van der Waals surface area contributed by atoms with Crippen molar-refractivity contribution in [2.24, 2.45) is 11.3 Å². The summed E-state index contributed by atoms with van der Waals surface area (Å²) in [6, 6.07) is 4.16. The Morgan fingerprint density at radius 3 is 2.56 bits per heavy atom. The highest BCUT2D eigenvalue weighted by molar-refractivity contribution is 9.10. The maximum Gasteiger partial charge on any atom is 0.0413 e. The van der Waals surface area contributed by atoms with E-state index < -0.39 is 0 Å². The van der Waals surface area contributed by atoms with E-state index in [9.17, 15) is 0 Å². The molecule has 1 N–H and O–H groups in total. The third-order valence-corrected chi connectivity index (χ3v) is 3.82. The number of rotatable bonds is 5. The van der Waals surface area contributed by atoms with Crippen LogP contribution in [0.1, 0.15) is 26.5 Å². The molecule has 1 aromatic rings. The first-order chi connectivity index (χ1) is 7.48. The van der Waals surface area contributed by atoms with Gasteiger partial charge in [-0.1, -0.05) is 20.8 Å². The molecule has 1 aromatic heterocycles. The van der Waals surface area contributed by atoms with Crippen molar-refractivity contribution >= 4 is 15.9 Å². The van der Waals surface area contributed by atoms with Crippen molar-refractivity contribution in [1.82, 2.24) is 10.3 Å². The van der Waals surface area contributed by atoms with Gasteiger partial charge in [-0.3, -0.25) is 4.98 Å². The first-order valence-electron chi connectivity index (χ1n) is 5.73. The van der Waals surface area contributed by atoms with E-state index in [2.05, 4.69) is 59.1 Å². The summed E-state index contributed by atoms with van der Waals surface area (Å²) >= 11 is 3.41. The fraction of sp³-hybridized carbons (Fsp3) is 0.615. The Kier molecular flexibility index (Phi) is 4.93. The van der Waals surface area contributed by atoms with E-state index in [0.717, 1.165) is 23.1 Å². The predicted octanol–water partition coefficient (Wildman–Crippen LogP) is 3.27. The number of hydrogen-bond acceptors (Lipinski definition) is 2. The highest BCUT2D eigenvalue weighted by Gasteiger charge is 2.28. The summed E-state index contributed by atoms with van der Waals surface area (Å²) in [5, 5.41) is 3.28. The summed E-state index contributed by atoms with van der Waals surface area (Å²) in [6.45, 7) is 7.88. The second-order valence-electron chi connectivity index (χ2n) is 4.98. The monoisotopic (exact) mass is 284 g/mol. The van der Waals surface area contributed by atoms with Gasteiger partial charge in [0.05, 0.1) is 0 Å². The molecule has 0 fully saturated rings. The molecule has 0 aromatic carbocycles. The molecule has 3 heteroatoms. The quantitative estimate of drug-likeness (QED) is 0.898. The first-order valence-corrected chi connectivity index (χ1v) is 6.52. The van der Waals surface area contributed by atoms with Crippen molar-refractivity contribution in [3.05, 3.63) is 28.5 Å². The molecular formula is C13H21BrN2. The molecule has 16 heavy (non-hydrogen) atoms. The van der Waals surface area contributed by atoms with E-state index in [0.29, 0.717) is 5.92 Å². The minimum absolute atomic E-state index is 0.260. The lowest BCUT2D eigenvalue weighted by atomic mass is 9.75. The predicted molar refractivity (Wildman–Crippen MR) is 72.5 cm³/mol. The highest BCUT2D eigenvalue weighted by Crippen LogP contribution is 2.30. The average molecular weight is 285 g/mol. The molecule has 2 nitrogen and oxygen atoms in total. The Morgan fingerprint density at radius 2 is 2.12 bits per heavy atom. The summed E-state index contributed by atoms with van der Waals surface area (Å²) in [7, 11) is 2.01. The number of nitrogens with zero attached hydrogens (tertiary/aromatic N) is 1. The van der Waals surface area contributed by atoms with Crippen molar-refractivity contribution in [1.29, 1.82) is 0 Å². The average Bonchev–Trinajstić information content (AvgIpc) is 2.22. The topological polar surface area (TPSA) is 24.9 Å². The molecular weight excluding hydrogens is 264 g/mol. The van der Waals surface area contributed by atoms with E-state index in [1.165, 1.54) is 0 Å². The summed E-state index contributed by atoms with van der Waals surface area (Å²) in [5.41, 5.74) is 1.42. The van der Waals surface area contributed by atoms with Crippen LogP contribution in [0, 0.1) is 11.3 Å². The summed E-state index contributed by atoms with van der Waals surface area (Å²) in [4.78, 5) is 4.45. The summed E-state index contributed by atoms with van der Waals surface area (Å²) in [6.07, 6.45) is 2.88. The molecule has 0 bridgehead atoms. The van der Waals surface area contributed by atoms with Gasteiger partial charge in [-0.05, 0) is 52.9 Å². The van der Waals surface area contributed by atoms with Crippen LogP contribution in [-0.4, -0.2) is 18.6 Å². The maximum absolute atomic E-state index is 4.45. The minimum Gasteiger partial charge on any atom is -0.319 e. The van der Waals surface area contributed by atoms with Crippen LogP contribution in [-0.2, 0) is 6.42 Å². The molecule has 0 saturated carbocycles. The van der Waals surface area contributed by atoms with Crippen LogP contribution in [0.15, 0.2) is 22.8 Å². The second-order valence-corrected chi connectivity index (χ2v) is 5.90. The van der Waals surface area contributed by atoms with Gasteiger partial charge in [0.1, 0.15) is 0 Å². The molecule has 0 radical (unpaired) electrons. The van der Waals surface area contributed by atoms with Gasteiger partial charge in [-0.25, -0.2) is 0 Å². The Hall–Kier alpha value is -0.410. The van der Waals surface area contributed by atoms with Crippen LogP contribution in [0.25, 0.3) is 0 Å². The van der Waals surface area contributed by atoms with Gasteiger partial charge in [0.2, 0.25) is 0 Å². The van der Waals surface area contributed by atoms with Crippen LogP contribution in [0.3, 0.4) is 0 Å². The number of aromatic nitrogens is 1. The molecule has 1 heterocycles. The molecule has 0 aliphatic carbocycles. The lowest BCUT2D eigenvalue weighted by Crippen LogP contribution is -2.36.